The highest BCUT2D eigenvalue weighted by molar-refractivity contribution is 5.92. The molecular weight excluding hydrogens is 278 g/mol. The molecular formula is C16H23N5O. The minimum absolute atomic E-state index is 0.0288. The summed E-state index contributed by atoms with van der Waals surface area (Å²) in [6.45, 7) is 5.65. The van der Waals surface area contributed by atoms with Crippen molar-refractivity contribution in [2.45, 2.75) is 45.6 Å². The molecule has 3 rings (SSSR count). The van der Waals surface area contributed by atoms with Crippen LogP contribution in [0.2, 0.25) is 0 Å². The quantitative estimate of drug-likeness (QED) is 0.942. The van der Waals surface area contributed by atoms with E-state index in [0.29, 0.717) is 11.7 Å². The van der Waals surface area contributed by atoms with Crippen molar-refractivity contribution in [2.24, 2.45) is 0 Å². The molecule has 1 amide bonds. The van der Waals surface area contributed by atoms with Crippen LogP contribution in [0.3, 0.4) is 0 Å². The van der Waals surface area contributed by atoms with E-state index in [2.05, 4.69) is 26.7 Å². The van der Waals surface area contributed by atoms with Crippen LogP contribution in [0, 0.1) is 6.92 Å². The standard InChI is InChI=1S/C16H23N5O/c1-3-5-13-10-15(19-18-13)16(22)20-8-4-6-14(11-20)21-9-7-17-12(21)2/h7,9-10,14H,3-6,8,11H2,1-2H3,(H,18,19)/t14-/m0/s1. The fourth-order valence-corrected chi connectivity index (χ4v) is 3.17. The topological polar surface area (TPSA) is 66.8 Å². The molecule has 1 fully saturated rings. The van der Waals surface area contributed by atoms with Gasteiger partial charge in [0.25, 0.3) is 5.91 Å². The zero-order valence-corrected chi connectivity index (χ0v) is 13.2. The minimum Gasteiger partial charge on any atom is -0.335 e. The van der Waals surface area contributed by atoms with E-state index < -0.39 is 0 Å². The second-order valence-corrected chi connectivity index (χ2v) is 5.96. The lowest BCUT2D eigenvalue weighted by Crippen LogP contribution is -2.41. The molecule has 0 spiro atoms. The van der Waals surface area contributed by atoms with E-state index in [4.69, 9.17) is 0 Å². The molecule has 2 aromatic rings. The first kappa shape index (κ1) is 14.8. The Bertz CT molecular complexity index is 645. The average molecular weight is 301 g/mol. The molecule has 0 saturated carbocycles. The van der Waals surface area contributed by atoms with Crippen molar-refractivity contribution in [3.8, 4) is 0 Å². The maximum atomic E-state index is 12.6. The van der Waals surface area contributed by atoms with E-state index in [1.54, 1.807) is 0 Å². The number of aryl methyl sites for hydroxylation is 2. The number of amides is 1. The summed E-state index contributed by atoms with van der Waals surface area (Å²) in [5.41, 5.74) is 1.57. The number of carbonyl (C=O) groups excluding carboxylic acids is 1. The summed E-state index contributed by atoms with van der Waals surface area (Å²) in [5, 5.41) is 7.14. The van der Waals surface area contributed by atoms with Crippen molar-refractivity contribution in [3.63, 3.8) is 0 Å². The predicted octanol–water partition coefficient (Wildman–Crippen LogP) is 2.34. The Kier molecular flexibility index (Phi) is 4.27. The Morgan fingerprint density at radius 2 is 2.36 bits per heavy atom. The molecule has 1 aliphatic rings. The third-order valence-corrected chi connectivity index (χ3v) is 4.31. The minimum atomic E-state index is 0.0288. The first-order valence-corrected chi connectivity index (χ1v) is 8.02. The lowest BCUT2D eigenvalue weighted by atomic mass is 10.0. The van der Waals surface area contributed by atoms with Gasteiger partial charge in [0.1, 0.15) is 11.5 Å². The Labute approximate surface area is 130 Å². The highest BCUT2D eigenvalue weighted by Gasteiger charge is 2.27. The van der Waals surface area contributed by atoms with Crippen molar-refractivity contribution in [1.29, 1.82) is 0 Å². The summed E-state index contributed by atoms with van der Waals surface area (Å²) in [6.07, 6.45) is 7.89. The summed E-state index contributed by atoms with van der Waals surface area (Å²) in [4.78, 5) is 18.8. The number of nitrogens with one attached hydrogen (secondary N) is 1. The van der Waals surface area contributed by atoms with Gasteiger partial charge in [0.15, 0.2) is 0 Å². The summed E-state index contributed by atoms with van der Waals surface area (Å²) < 4.78 is 2.17. The van der Waals surface area contributed by atoms with Crippen LogP contribution in [0.25, 0.3) is 0 Å². The van der Waals surface area contributed by atoms with E-state index in [-0.39, 0.29) is 5.91 Å². The van der Waals surface area contributed by atoms with Crippen LogP contribution in [0.5, 0.6) is 0 Å². The number of H-pyrrole nitrogens is 1. The molecule has 0 radical (unpaired) electrons. The lowest BCUT2D eigenvalue weighted by molar-refractivity contribution is 0.0672. The van der Waals surface area contributed by atoms with Gasteiger partial charge in [-0.05, 0) is 32.3 Å². The van der Waals surface area contributed by atoms with Crippen LogP contribution in [0.4, 0.5) is 0 Å². The van der Waals surface area contributed by atoms with E-state index in [0.717, 1.165) is 50.3 Å². The number of piperidine rings is 1. The zero-order valence-electron chi connectivity index (χ0n) is 13.2. The van der Waals surface area contributed by atoms with E-state index in [1.807, 2.05) is 30.3 Å². The Morgan fingerprint density at radius 1 is 1.50 bits per heavy atom. The summed E-state index contributed by atoms with van der Waals surface area (Å²) in [7, 11) is 0. The number of hydrogen-bond donors (Lipinski definition) is 1. The van der Waals surface area contributed by atoms with Crippen LogP contribution >= 0.6 is 0 Å². The molecule has 3 heterocycles. The van der Waals surface area contributed by atoms with Gasteiger partial charge in [0.05, 0.1) is 6.04 Å². The summed E-state index contributed by atoms with van der Waals surface area (Å²) in [5.74, 6) is 1.03. The smallest absolute Gasteiger partial charge is 0.274 e. The molecule has 1 atom stereocenters. The van der Waals surface area contributed by atoms with Crippen LogP contribution < -0.4 is 0 Å². The van der Waals surface area contributed by atoms with E-state index in [9.17, 15) is 4.79 Å². The first-order valence-electron chi connectivity index (χ1n) is 8.02. The molecule has 6 heteroatoms. The second-order valence-electron chi connectivity index (χ2n) is 5.96. The SMILES string of the molecule is CCCc1cc(C(=O)N2CCC[C@H](n3ccnc3C)C2)n[nH]1. The first-order chi connectivity index (χ1) is 10.7. The number of aromatic nitrogens is 4. The molecule has 1 aliphatic heterocycles. The lowest BCUT2D eigenvalue weighted by Gasteiger charge is -2.33. The maximum absolute atomic E-state index is 12.6. The molecule has 118 valence electrons. The highest BCUT2D eigenvalue weighted by Crippen LogP contribution is 2.23. The second kappa shape index (κ2) is 6.34. The van der Waals surface area contributed by atoms with Crippen molar-refractivity contribution in [3.05, 3.63) is 35.7 Å². The number of likely N-dealkylation sites (tertiary alicyclic amines) is 1. The van der Waals surface area contributed by atoms with Gasteiger partial charge in [-0.15, -0.1) is 0 Å². The number of aromatic amines is 1. The van der Waals surface area contributed by atoms with Gasteiger partial charge in [0.2, 0.25) is 0 Å². The largest absolute Gasteiger partial charge is 0.335 e. The zero-order chi connectivity index (χ0) is 15.5. The highest BCUT2D eigenvalue weighted by atomic mass is 16.2. The Hall–Kier alpha value is -2.11. The van der Waals surface area contributed by atoms with Crippen molar-refractivity contribution < 1.29 is 4.79 Å². The third kappa shape index (κ3) is 2.91. The molecule has 1 saturated heterocycles. The maximum Gasteiger partial charge on any atom is 0.274 e. The Balaban J connectivity index is 1.71. The molecule has 0 unspecified atom stereocenters. The molecule has 2 aromatic heterocycles. The van der Waals surface area contributed by atoms with Gasteiger partial charge in [-0.3, -0.25) is 9.89 Å². The molecule has 22 heavy (non-hydrogen) atoms. The van der Waals surface area contributed by atoms with Gasteiger partial charge in [-0.1, -0.05) is 13.3 Å². The van der Waals surface area contributed by atoms with E-state index in [1.165, 1.54) is 0 Å². The van der Waals surface area contributed by atoms with Crippen LogP contribution in [-0.2, 0) is 6.42 Å². The van der Waals surface area contributed by atoms with Gasteiger partial charge < -0.3 is 9.47 Å². The number of rotatable bonds is 4. The van der Waals surface area contributed by atoms with E-state index >= 15 is 0 Å². The molecule has 1 N–H and O–H groups in total. The Morgan fingerprint density at radius 3 is 3.09 bits per heavy atom. The summed E-state index contributed by atoms with van der Waals surface area (Å²) in [6, 6.07) is 2.20. The predicted molar refractivity (Wildman–Crippen MR) is 83.7 cm³/mol. The number of hydrogen-bond acceptors (Lipinski definition) is 3. The van der Waals surface area contributed by atoms with Crippen LogP contribution in [0.1, 0.15) is 54.2 Å². The molecule has 0 aromatic carbocycles. The van der Waals surface area contributed by atoms with Crippen molar-refractivity contribution in [2.75, 3.05) is 13.1 Å². The number of carbonyl (C=O) groups is 1. The monoisotopic (exact) mass is 301 g/mol. The third-order valence-electron chi connectivity index (χ3n) is 4.31. The summed E-state index contributed by atoms with van der Waals surface area (Å²) >= 11 is 0. The fourth-order valence-electron chi connectivity index (χ4n) is 3.17. The van der Waals surface area contributed by atoms with Gasteiger partial charge in [0, 0.05) is 31.2 Å². The number of nitrogens with zero attached hydrogens (tertiary/aromatic N) is 4. The van der Waals surface area contributed by atoms with Crippen molar-refractivity contribution >= 4 is 5.91 Å². The van der Waals surface area contributed by atoms with Gasteiger partial charge in [-0.25, -0.2) is 4.98 Å². The average Bonchev–Trinajstić information content (AvgIpc) is 3.16. The normalized spacial score (nSPS) is 18.6. The van der Waals surface area contributed by atoms with Crippen molar-refractivity contribution in [1.82, 2.24) is 24.6 Å². The molecule has 6 nitrogen and oxygen atoms in total. The fraction of sp³-hybridized carbons (Fsp3) is 0.562. The molecule has 0 aliphatic carbocycles. The molecule has 0 bridgehead atoms. The number of imidazole rings is 1. The van der Waals surface area contributed by atoms with Crippen LogP contribution in [-0.4, -0.2) is 43.6 Å². The van der Waals surface area contributed by atoms with Gasteiger partial charge >= 0.3 is 0 Å². The van der Waals surface area contributed by atoms with Gasteiger partial charge in [-0.2, -0.15) is 5.10 Å². The van der Waals surface area contributed by atoms with Crippen LogP contribution in [0.15, 0.2) is 18.5 Å².